The molecule has 2 aliphatic rings. The molecule has 2 amide bonds. The molecule has 0 unspecified atom stereocenters. The number of nitrogens with one attached hydrogen (secondary N) is 1. The number of amides is 2. The molecule has 1 aromatic rings. The lowest BCUT2D eigenvalue weighted by molar-refractivity contribution is 0.112. The van der Waals surface area contributed by atoms with Crippen LogP contribution >= 0.6 is 0 Å². The van der Waals surface area contributed by atoms with Crippen molar-refractivity contribution in [3.05, 3.63) is 35.9 Å². The van der Waals surface area contributed by atoms with Crippen molar-refractivity contribution < 1.29 is 9.90 Å². The van der Waals surface area contributed by atoms with Crippen LogP contribution in [0.1, 0.15) is 37.8 Å². The van der Waals surface area contributed by atoms with E-state index < -0.39 is 0 Å². The topological polar surface area (TPSA) is 52.6 Å². The lowest BCUT2D eigenvalue weighted by Crippen LogP contribution is -2.43. The third-order valence-corrected chi connectivity index (χ3v) is 5.01. The van der Waals surface area contributed by atoms with Crippen LogP contribution in [0, 0.1) is 17.8 Å². The highest BCUT2D eigenvalue weighted by molar-refractivity contribution is 5.74. The fourth-order valence-electron chi connectivity index (χ4n) is 3.15. The number of nitrogens with zero attached hydrogens (tertiary/aromatic N) is 1. The number of benzene rings is 1. The van der Waals surface area contributed by atoms with Crippen LogP contribution in [0.4, 0.5) is 4.79 Å². The minimum atomic E-state index is -0.384. The predicted octanol–water partition coefficient (Wildman–Crippen LogP) is 2.80. The second-order valence-corrected chi connectivity index (χ2v) is 7.00. The molecule has 2 aliphatic carbocycles. The first-order chi connectivity index (χ1) is 10.6. The predicted molar refractivity (Wildman–Crippen MR) is 86.3 cm³/mol. The van der Waals surface area contributed by atoms with E-state index in [1.165, 1.54) is 5.56 Å². The van der Waals surface area contributed by atoms with Gasteiger partial charge in [-0.3, -0.25) is 0 Å². The van der Waals surface area contributed by atoms with E-state index in [0.29, 0.717) is 24.3 Å². The minimum Gasteiger partial charge on any atom is -0.391 e. The molecule has 0 bridgehead atoms. The Kier molecular flexibility index (Phi) is 4.39. The van der Waals surface area contributed by atoms with Crippen LogP contribution < -0.4 is 5.32 Å². The van der Waals surface area contributed by atoms with E-state index in [0.717, 1.165) is 19.3 Å². The molecule has 0 saturated heterocycles. The maximum atomic E-state index is 12.4. The molecule has 4 heteroatoms. The number of hydrogen-bond donors (Lipinski definition) is 2. The monoisotopic (exact) mass is 302 g/mol. The fraction of sp³-hybridized carbons (Fsp3) is 0.611. The van der Waals surface area contributed by atoms with Gasteiger partial charge in [0.15, 0.2) is 0 Å². The van der Waals surface area contributed by atoms with Crippen LogP contribution in [-0.2, 0) is 0 Å². The number of carbonyl (C=O) groups excluding carboxylic acids is 1. The van der Waals surface area contributed by atoms with Gasteiger partial charge in [0.1, 0.15) is 0 Å². The van der Waals surface area contributed by atoms with Crippen molar-refractivity contribution in [1.82, 2.24) is 10.2 Å². The van der Waals surface area contributed by atoms with E-state index in [9.17, 15) is 9.90 Å². The summed E-state index contributed by atoms with van der Waals surface area (Å²) in [6.07, 6.45) is 2.95. The van der Waals surface area contributed by atoms with Crippen LogP contribution in [0.15, 0.2) is 30.3 Å². The van der Waals surface area contributed by atoms with Gasteiger partial charge in [-0.1, -0.05) is 37.3 Å². The van der Waals surface area contributed by atoms with E-state index in [4.69, 9.17) is 0 Å². The summed E-state index contributed by atoms with van der Waals surface area (Å²) in [5.41, 5.74) is 1.17. The van der Waals surface area contributed by atoms with Crippen LogP contribution in [0.25, 0.3) is 0 Å². The van der Waals surface area contributed by atoms with Crippen LogP contribution in [-0.4, -0.2) is 35.7 Å². The van der Waals surface area contributed by atoms with Gasteiger partial charge in [0.05, 0.1) is 12.1 Å². The number of urea groups is 1. The molecule has 2 saturated carbocycles. The number of rotatable bonds is 6. The van der Waals surface area contributed by atoms with Crippen molar-refractivity contribution in [1.29, 1.82) is 0 Å². The van der Waals surface area contributed by atoms with Gasteiger partial charge in [0.25, 0.3) is 0 Å². The molecule has 1 aromatic carbocycles. The van der Waals surface area contributed by atoms with E-state index in [1.54, 1.807) is 11.9 Å². The molecule has 0 aromatic heterocycles. The summed E-state index contributed by atoms with van der Waals surface area (Å²) >= 11 is 0. The van der Waals surface area contributed by atoms with Crippen molar-refractivity contribution in [2.24, 2.45) is 17.8 Å². The molecule has 2 N–H and O–H groups in total. The number of carbonyl (C=O) groups is 1. The molecular weight excluding hydrogens is 276 g/mol. The van der Waals surface area contributed by atoms with Crippen molar-refractivity contribution >= 4 is 6.03 Å². The summed E-state index contributed by atoms with van der Waals surface area (Å²) in [6.45, 7) is 2.64. The van der Waals surface area contributed by atoms with Gasteiger partial charge in [-0.15, -0.1) is 0 Å². The molecule has 4 atom stereocenters. The van der Waals surface area contributed by atoms with E-state index in [2.05, 4.69) is 24.4 Å². The first-order valence-corrected chi connectivity index (χ1v) is 8.31. The van der Waals surface area contributed by atoms with Crippen LogP contribution in [0.3, 0.4) is 0 Å². The molecule has 22 heavy (non-hydrogen) atoms. The zero-order valence-corrected chi connectivity index (χ0v) is 13.4. The first kappa shape index (κ1) is 15.3. The van der Waals surface area contributed by atoms with Crippen molar-refractivity contribution in [3.8, 4) is 0 Å². The van der Waals surface area contributed by atoms with E-state index in [-0.39, 0.29) is 18.2 Å². The number of hydrogen-bond acceptors (Lipinski definition) is 2. The Balaban J connectivity index is 1.61. The average Bonchev–Trinajstić information content (AvgIpc) is 3.41. The quantitative estimate of drug-likeness (QED) is 0.849. The Morgan fingerprint density at radius 2 is 2.00 bits per heavy atom. The van der Waals surface area contributed by atoms with Crippen LogP contribution in [0.5, 0.6) is 0 Å². The number of likely N-dealkylation sites (N-methyl/N-ethyl adjacent to an activating group) is 1. The van der Waals surface area contributed by atoms with Gasteiger partial charge < -0.3 is 15.3 Å². The lowest BCUT2D eigenvalue weighted by Gasteiger charge is -2.26. The SMILES string of the molecule is C[C@@H]1C[C@@H]1[C@H](NC(=O)N(C)C[C@H](O)C1CC1)c1ccccc1. The lowest BCUT2D eigenvalue weighted by atomic mass is 10.0. The Labute approximate surface area is 132 Å². The Bertz CT molecular complexity index is 515. The zero-order valence-electron chi connectivity index (χ0n) is 13.4. The third kappa shape index (κ3) is 3.61. The highest BCUT2D eigenvalue weighted by atomic mass is 16.3. The summed E-state index contributed by atoms with van der Waals surface area (Å²) in [5.74, 6) is 1.57. The summed E-state index contributed by atoms with van der Waals surface area (Å²) in [7, 11) is 1.76. The Morgan fingerprint density at radius 3 is 2.55 bits per heavy atom. The molecular formula is C18H26N2O2. The summed E-state index contributed by atoms with van der Waals surface area (Å²) < 4.78 is 0. The van der Waals surface area contributed by atoms with E-state index in [1.807, 2.05) is 18.2 Å². The third-order valence-electron chi connectivity index (χ3n) is 5.01. The highest BCUT2D eigenvalue weighted by Crippen LogP contribution is 2.47. The smallest absolute Gasteiger partial charge is 0.317 e. The zero-order chi connectivity index (χ0) is 15.7. The minimum absolute atomic E-state index is 0.0733. The van der Waals surface area contributed by atoms with Crippen molar-refractivity contribution in [2.45, 2.75) is 38.3 Å². The molecule has 0 heterocycles. The maximum Gasteiger partial charge on any atom is 0.317 e. The molecule has 2 fully saturated rings. The fourth-order valence-corrected chi connectivity index (χ4v) is 3.15. The normalized spacial score (nSPS) is 26.1. The second kappa shape index (κ2) is 6.29. The van der Waals surface area contributed by atoms with Gasteiger partial charge in [0, 0.05) is 13.6 Å². The summed E-state index contributed by atoms with van der Waals surface area (Å²) in [6, 6.07) is 10.2. The van der Waals surface area contributed by atoms with Crippen molar-refractivity contribution in [2.75, 3.05) is 13.6 Å². The number of aliphatic hydroxyl groups excluding tert-OH is 1. The first-order valence-electron chi connectivity index (χ1n) is 8.31. The molecule has 0 radical (unpaired) electrons. The molecule has 0 spiro atoms. The molecule has 0 aliphatic heterocycles. The number of aliphatic hydroxyl groups is 1. The largest absolute Gasteiger partial charge is 0.391 e. The average molecular weight is 302 g/mol. The van der Waals surface area contributed by atoms with Gasteiger partial charge in [-0.25, -0.2) is 4.79 Å². The summed E-state index contributed by atoms with van der Waals surface area (Å²) in [5, 5.41) is 13.2. The van der Waals surface area contributed by atoms with Gasteiger partial charge in [-0.2, -0.15) is 0 Å². The molecule has 4 nitrogen and oxygen atoms in total. The van der Waals surface area contributed by atoms with E-state index >= 15 is 0 Å². The van der Waals surface area contributed by atoms with Gasteiger partial charge in [-0.05, 0) is 42.6 Å². The highest BCUT2D eigenvalue weighted by Gasteiger charge is 2.41. The van der Waals surface area contributed by atoms with Crippen molar-refractivity contribution in [3.63, 3.8) is 0 Å². The van der Waals surface area contributed by atoms with Gasteiger partial charge in [0.2, 0.25) is 0 Å². The standard InChI is InChI=1S/C18H26N2O2/c1-12-10-15(12)17(14-6-4-3-5-7-14)19-18(22)20(2)11-16(21)13-8-9-13/h3-7,12-13,15-17,21H,8-11H2,1-2H3,(H,19,22)/t12-,15+,16+,17-/m1/s1. The Morgan fingerprint density at radius 1 is 1.36 bits per heavy atom. The second-order valence-electron chi connectivity index (χ2n) is 7.00. The maximum absolute atomic E-state index is 12.4. The Hall–Kier alpha value is -1.55. The molecule has 3 rings (SSSR count). The van der Waals surface area contributed by atoms with Crippen LogP contribution in [0.2, 0.25) is 0 Å². The van der Waals surface area contributed by atoms with Gasteiger partial charge >= 0.3 is 6.03 Å². The molecule has 120 valence electrons. The summed E-state index contributed by atoms with van der Waals surface area (Å²) in [4.78, 5) is 14.1.